The van der Waals surface area contributed by atoms with Gasteiger partial charge in [0.15, 0.2) is 0 Å². The van der Waals surface area contributed by atoms with Crippen molar-refractivity contribution in [3.8, 4) is 33.4 Å². The Hall–Kier alpha value is -3.16. The van der Waals surface area contributed by atoms with Gasteiger partial charge in [-0.2, -0.15) is 0 Å². The van der Waals surface area contributed by atoms with E-state index in [1.807, 2.05) is 6.07 Å². The first kappa shape index (κ1) is 17.9. The quantitative estimate of drug-likeness (QED) is 0.266. The molecule has 5 aromatic carbocycles. The van der Waals surface area contributed by atoms with Gasteiger partial charge in [-0.3, -0.25) is 0 Å². The van der Waals surface area contributed by atoms with Gasteiger partial charge in [0.25, 0.3) is 0 Å². The van der Waals surface area contributed by atoms with Gasteiger partial charge >= 0.3 is 0 Å². The Morgan fingerprint density at radius 3 is 1.55 bits per heavy atom. The number of rotatable bonds is 3. The molecule has 0 aliphatic heterocycles. The fourth-order valence-corrected chi connectivity index (χ4v) is 4.54. The Morgan fingerprint density at radius 1 is 0.379 bits per heavy atom. The van der Waals surface area contributed by atoms with Crippen molar-refractivity contribution in [2.75, 3.05) is 0 Å². The van der Waals surface area contributed by atoms with Crippen LogP contribution in [0.4, 0.5) is 0 Å². The molecule has 0 N–H and O–H groups in total. The van der Waals surface area contributed by atoms with Crippen LogP contribution in [0.25, 0.3) is 44.2 Å². The monoisotopic (exact) mass is 434 g/mol. The van der Waals surface area contributed by atoms with E-state index in [1.54, 1.807) is 0 Å². The van der Waals surface area contributed by atoms with Crippen molar-refractivity contribution in [2.24, 2.45) is 0 Å². The summed E-state index contributed by atoms with van der Waals surface area (Å²) < 4.78 is 1.11. The second-order valence-corrected chi connectivity index (χ2v) is 7.99. The fraction of sp³-hybridized carbons (Fsp3) is 0. The first-order chi connectivity index (χ1) is 14.3. The molecule has 0 amide bonds. The molecule has 5 rings (SSSR count). The summed E-state index contributed by atoms with van der Waals surface area (Å²) in [5, 5.41) is 2.54. The van der Waals surface area contributed by atoms with Crippen molar-refractivity contribution in [1.29, 1.82) is 0 Å². The lowest BCUT2D eigenvalue weighted by Crippen LogP contribution is -1.88. The molecule has 0 spiro atoms. The molecular weight excluding hydrogens is 416 g/mol. The van der Waals surface area contributed by atoms with Gasteiger partial charge in [0, 0.05) is 4.47 Å². The van der Waals surface area contributed by atoms with Crippen molar-refractivity contribution in [2.45, 2.75) is 0 Å². The van der Waals surface area contributed by atoms with Crippen LogP contribution in [0.5, 0.6) is 0 Å². The minimum absolute atomic E-state index is 1.11. The standard InChI is InChI=1S/C28H19Br/c29-28-19-22(20-9-3-1-4-10-20)15-16-27(28)26-18-17-23(21-11-5-2-6-12-21)24-13-7-8-14-25(24)26/h1-19H. The van der Waals surface area contributed by atoms with E-state index in [4.69, 9.17) is 0 Å². The van der Waals surface area contributed by atoms with Gasteiger partial charge in [0.05, 0.1) is 0 Å². The van der Waals surface area contributed by atoms with Crippen LogP contribution < -0.4 is 0 Å². The van der Waals surface area contributed by atoms with Crippen molar-refractivity contribution >= 4 is 26.7 Å². The first-order valence-corrected chi connectivity index (χ1v) is 10.5. The maximum atomic E-state index is 3.83. The zero-order valence-electron chi connectivity index (χ0n) is 15.8. The van der Waals surface area contributed by atoms with E-state index in [0.29, 0.717) is 0 Å². The molecule has 0 saturated carbocycles. The molecule has 0 aliphatic rings. The Kier molecular flexibility index (Phi) is 4.75. The van der Waals surface area contributed by atoms with E-state index in [-0.39, 0.29) is 0 Å². The van der Waals surface area contributed by atoms with Crippen LogP contribution in [0.2, 0.25) is 0 Å². The Labute approximate surface area is 179 Å². The van der Waals surface area contributed by atoms with Crippen LogP contribution in [0.15, 0.2) is 120 Å². The number of hydrogen-bond acceptors (Lipinski definition) is 0. The van der Waals surface area contributed by atoms with Gasteiger partial charge in [-0.15, -0.1) is 0 Å². The zero-order valence-corrected chi connectivity index (χ0v) is 17.4. The zero-order chi connectivity index (χ0) is 19.6. The van der Waals surface area contributed by atoms with Gasteiger partial charge in [-0.25, -0.2) is 0 Å². The van der Waals surface area contributed by atoms with Crippen molar-refractivity contribution in [1.82, 2.24) is 0 Å². The number of halogens is 1. The molecule has 138 valence electrons. The third-order valence-electron chi connectivity index (χ3n) is 5.38. The molecule has 0 aromatic heterocycles. The van der Waals surface area contributed by atoms with E-state index in [0.717, 1.165) is 4.47 Å². The maximum Gasteiger partial charge on any atom is 0.0260 e. The van der Waals surface area contributed by atoms with E-state index in [1.165, 1.54) is 44.2 Å². The Morgan fingerprint density at radius 2 is 0.897 bits per heavy atom. The number of hydrogen-bond donors (Lipinski definition) is 0. The topological polar surface area (TPSA) is 0 Å². The molecule has 0 saturated heterocycles. The maximum absolute atomic E-state index is 3.83. The smallest absolute Gasteiger partial charge is 0.0260 e. The number of benzene rings is 5. The van der Waals surface area contributed by atoms with Crippen LogP contribution in [0, 0.1) is 0 Å². The molecule has 0 bridgehead atoms. The first-order valence-electron chi connectivity index (χ1n) is 9.74. The summed E-state index contributed by atoms with van der Waals surface area (Å²) in [5.74, 6) is 0. The summed E-state index contributed by atoms with van der Waals surface area (Å²) in [6.45, 7) is 0. The summed E-state index contributed by atoms with van der Waals surface area (Å²) in [7, 11) is 0. The number of fused-ring (bicyclic) bond motifs is 1. The normalized spacial score (nSPS) is 10.9. The molecule has 0 unspecified atom stereocenters. The average molecular weight is 435 g/mol. The van der Waals surface area contributed by atoms with Gasteiger partial charge < -0.3 is 0 Å². The Bertz CT molecular complexity index is 1290. The van der Waals surface area contributed by atoms with E-state index >= 15 is 0 Å². The molecule has 0 atom stereocenters. The minimum atomic E-state index is 1.11. The summed E-state index contributed by atoms with van der Waals surface area (Å²) in [6.07, 6.45) is 0. The lowest BCUT2D eigenvalue weighted by Gasteiger charge is -2.14. The van der Waals surface area contributed by atoms with Crippen LogP contribution >= 0.6 is 15.9 Å². The average Bonchev–Trinajstić information content (AvgIpc) is 2.80. The molecule has 0 fully saturated rings. The molecule has 0 radical (unpaired) electrons. The summed E-state index contributed by atoms with van der Waals surface area (Å²) in [4.78, 5) is 0. The van der Waals surface area contributed by atoms with Crippen LogP contribution in [-0.2, 0) is 0 Å². The van der Waals surface area contributed by atoms with E-state index < -0.39 is 0 Å². The molecule has 1 heteroatoms. The highest BCUT2D eigenvalue weighted by Crippen LogP contribution is 2.39. The van der Waals surface area contributed by atoms with Gasteiger partial charge in [0.2, 0.25) is 0 Å². The fourth-order valence-electron chi connectivity index (χ4n) is 3.95. The van der Waals surface area contributed by atoms with Crippen molar-refractivity contribution in [3.63, 3.8) is 0 Å². The summed E-state index contributed by atoms with van der Waals surface area (Å²) >= 11 is 3.83. The molecule has 0 heterocycles. The van der Waals surface area contributed by atoms with Crippen molar-refractivity contribution < 1.29 is 0 Å². The van der Waals surface area contributed by atoms with E-state index in [9.17, 15) is 0 Å². The molecule has 0 nitrogen and oxygen atoms in total. The van der Waals surface area contributed by atoms with Crippen LogP contribution in [-0.4, -0.2) is 0 Å². The van der Waals surface area contributed by atoms with Crippen molar-refractivity contribution in [3.05, 3.63) is 120 Å². The van der Waals surface area contributed by atoms with Gasteiger partial charge in [-0.05, 0) is 50.2 Å². The predicted octanol–water partition coefficient (Wildman–Crippen LogP) is 8.60. The molecule has 5 aromatic rings. The predicted molar refractivity (Wildman–Crippen MR) is 128 cm³/mol. The lowest BCUT2D eigenvalue weighted by atomic mass is 9.91. The molecular formula is C28H19Br. The lowest BCUT2D eigenvalue weighted by molar-refractivity contribution is 1.57. The highest BCUT2D eigenvalue weighted by Gasteiger charge is 2.12. The van der Waals surface area contributed by atoms with Gasteiger partial charge in [-0.1, -0.05) is 125 Å². The third kappa shape index (κ3) is 3.39. The highest BCUT2D eigenvalue weighted by atomic mass is 79.9. The molecule has 29 heavy (non-hydrogen) atoms. The summed E-state index contributed by atoms with van der Waals surface area (Å²) in [5.41, 5.74) is 7.40. The van der Waals surface area contributed by atoms with Crippen LogP contribution in [0.1, 0.15) is 0 Å². The second kappa shape index (κ2) is 7.69. The van der Waals surface area contributed by atoms with Crippen LogP contribution in [0.3, 0.4) is 0 Å². The SMILES string of the molecule is Brc1cc(-c2ccccc2)ccc1-c1ccc(-c2ccccc2)c2ccccc12. The van der Waals surface area contributed by atoms with Gasteiger partial charge in [0.1, 0.15) is 0 Å². The molecule has 0 aliphatic carbocycles. The minimum Gasteiger partial charge on any atom is -0.0622 e. The summed E-state index contributed by atoms with van der Waals surface area (Å²) in [6, 6.07) is 40.9. The second-order valence-electron chi connectivity index (χ2n) is 7.13. The Balaban J connectivity index is 1.67. The highest BCUT2D eigenvalue weighted by molar-refractivity contribution is 9.10. The largest absolute Gasteiger partial charge is 0.0622 e. The third-order valence-corrected chi connectivity index (χ3v) is 6.03. The van der Waals surface area contributed by atoms with E-state index in [2.05, 4.69) is 125 Å².